The van der Waals surface area contributed by atoms with Crippen molar-refractivity contribution < 1.29 is 9.59 Å². The predicted octanol–water partition coefficient (Wildman–Crippen LogP) is 2.84. The molecule has 0 atom stereocenters. The van der Waals surface area contributed by atoms with Gasteiger partial charge in [-0.2, -0.15) is 0 Å². The summed E-state index contributed by atoms with van der Waals surface area (Å²) in [7, 11) is 0. The summed E-state index contributed by atoms with van der Waals surface area (Å²) in [6, 6.07) is 13.1. The van der Waals surface area contributed by atoms with E-state index in [-0.39, 0.29) is 24.7 Å². The van der Waals surface area contributed by atoms with Crippen LogP contribution in [-0.2, 0) is 16.1 Å². The molecule has 0 spiro atoms. The van der Waals surface area contributed by atoms with Gasteiger partial charge in [0.25, 0.3) is 0 Å². The van der Waals surface area contributed by atoms with Gasteiger partial charge in [0.1, 0.15) is 0 Å². The maximum Gasteiger partial charge on any atom is 0.224 e. The fraction of sp³-hybridized carbons (Fsp3) is 0.235. The highest BCUT2D eigenvalue weighted by molar-refractivity contribution is 7.98. The van der Waals surface area contributed by atoms with E-state index < -0.39 is 0 Å². The lowest BCUT2D eigenvalue weighted by Crippen LogP contribution is -2.24. The standard InChI is InChI=1S/C17H19N3O2S/c1-23-15-8-3-2-7-14(15)20-17(22)10-9-16(21)19-12-13-6-4-5-11-18-13/h2-8,11H,9-10,12H2,1H3,(H,19,21)(H,20,22). The first-order valence-electron chi connectivity index (χ1n) is 7.28. The minimum Gasteiger partial charge on any atom is -0.350 e. The number of hydrogen-bond acceptors (Lipinski definition) is 4. The van der Waals surface area contributed by atoms with E-state index in [9.17, 15) is 9.59 Å². The highest BCUT2D eigenvalue weighted by Gasteiger charge is 2.09. The van der Waals surface area contributed by atoms with Crippen LogP contribution in [0.15, 0.2) is 53.6 Å². The number of para-hydroxylation sites is 1. The molecule has 0 fully saturated rings. The Bertz CT molecular complexity index is 662. The van der Waals surface area contributed by atoms with Gasteiger partial charge in [-0.15, -0.1) is 11.8 Å². The average Bonchev–Trinajstić information content (AvgIpc) is 2.59. The fourth-order valence-corrected chi connectivity index (χ4v) is 2.52. The van der Waals surface area contributed by atoms with E-state index in [1.807, 2.05) is 48.7 Å². The highest BCUT2D eigenvalue weighted by Crippen LogP contribution is 2.24. The molecule has 0 aliphatic rings. The second-order valence-electron chi connectivity index (χ2n) is 4.85. The van der Waals surface area contributed by atoms with Crippen molar-refractivity contribution in [2.45, 2.75) is 24.3 Å². The first-order valence-corrected chi connectivity index (χ1v) is 8.51. The summed E-state index contributed by atoms with van der Waals surface area (Å²) >= 11 is 1.57. The number of thioether (sulfide) groups is 1. The maximum absolute atomic E-state index is 11.9. The SMILES string of the molecule is CSc1ccccc1NC(=O)CCC(=O)NCc1ccccn1. The molecule has 1 heterocycles. The smallest absolute Gasteiger partial charge is 0.224 e. The van der Waals surface area contributed by atoms with E-state index >= 15 is 0 Å². The number of amides is 2. The third kappa shape index (κ3) is 5.75. The Morgan fingerprint density at radius 1 is 1.04 bits per heavy atom. The van der Waals surface area contributed by atoms with E-state index in [2.05, 4.69) is 15.6 Å². The molecule has 0 saturated carbocycles. The van der Waals surface area contributed by atoms with Crippen molar-refractivity contribution in [2.75, 3.05) is 11.6 Å². The average molecular weight is 329 g/mol. The summed E-state index contributed by atoms with van der Waals surface area (Å²) in [5, 5.41) is 5.59. The van der Waals surface area contributed by atoms with Crippen LogP contribution >= 0.6 is 11.8 Å². The Labute approximate surface area is 139 Å². The summed E-state index contributed by atoms with van der Waals surface area (Å²) in [5.41, 5.74) is 1.57. The molecule has 0 saturated heterocycles. The first kappa shape index (κ1) is 17.0. The van der Waals surface area contributed by atoms with Crippen LogP contribution in [0.3, 0.4) is 0 Å². The van der Waals surface area contributed by atoms with Crippen LogP contribution in [0.4, 0.5) is 5.69 Å². The third-order valence-electron chi connectivity index (χ3n) is 3.15. The Balaban J connectivity index is 1.74. The second kappa shape index (κ2) is 8.95. The molecule has 5 nitrogen and oxygen atoms in total. The van der Waals surface area contributed by atoms with Gasteiger partial charge in [-0.25, -0.2) is 0 Å². The van der Waals surface area contributed by atoms with Gasteiger partial charge in [0.2, 0.25) is 11.8 Å². The number of anilines is 1. The molecule has 2 aromatic rings. The molecule has 2 N–H and O–H groups in total. The summed E-state index contributed by atoms with van der Waals surface area (Å²) in [6.45, 7) is 0.372. The van der Waals surface area contributed by atoms with Gasteiger partial charge in [0, 0.05) is 23.9 Å². The van der Waals surface area contributed by atoms with E-state index in [1.54, 1.807) is 18.0 Å². The third-order valence-corrected chi connectivity index (χ3v) is 3.95. The van der Waals surface area contributed by atoms with Crippen molar-refractivity contribution in [3.05, 3.63) is 54.4 Å². The molecule has 1 aromatic carbocycles. The first-order chi connectivity index (χ1) is 11.2. The van der Waals surface area contributed by atoms with Crippen LogP contribution in [0.2, 0.25) is 0 Å². The van der Waals surface area contributed by atoms with E-state index in [0.717, 1.165) is 16.3 Å². The van der Waals surface area contributed by atoms with E-state index in [1.165, 1.54) is 0 Å². The normalized spacial score (nSPS) is 10.1. The molecule has 0 bridgehead atoms. The molecule has 120 valence electrons. The zero-order valence-electron chi connectivity index (χ0n) is 12.9. The Morgan fingerprint density at radius 3 is 2.52 bits per heavy atom. The molecule has 2 amide bonds. The fourth-order valence-electron chi connectivity index (χ4n) is 1.97. The highest BCUT2D eigenvalue weighted by atomic mass is 32.2. The molecular weight excluding hydrogens is 310 g/mol. The number of pyridine rings is 1. The van der Waals surface area contributed by atoms with Gasteiger partial charge >= 0.3 is 0 Å². The summed E-state index contributed by atoms with van der Waals surface area (Å²) in [6.07, 6.45) is 3.94. The lowest BCUT2D eigenvalue weighted by atomic mass is 10.2. The maximum atomic E-state index is 11.9. The van der Waals surface area contributed by atoms with Crippen LogP contribution in [0.5, 0.6) is 0 Å². The Morgan fingerprint density at radius 2 is 1.78 bits per heavy atom. The van der Waals surface area contributed by atoms with Gasteiger partial charge in [0.05, 0.1) is 17.9 Å². The number of carbonyl (C=O) groups is 2. The lowest BCUT2D eigenvalue weighted by molar-refractivity contribution is -0.124. The van der Waals surface area contributed by atoms with E-state index in [4.69, 9.17) is 0 Å². The van der Waals surface area contributed by atoms with Gasteiger partial charge in [-0.3, -0.25) is 14.6 Å². The summed E-state index contributed by atoms with van der Waals surface area (Å²) in [5.74, 6) is -0.330. The predicted molar refractivity (Wildman–Crippen MR) is 92.2 cm³/mol. The van der Waals surface area contributed by atoms with Crippen LogP contribution in [0.1, 0.15) is 18.5 Å². The number of benzene rings is 1. The van der Waals surface area contributed by atoms with Crippen molar-refractivity contribution in [1.29, 1.82) is 0 Å². The van der Waals surface area contributed by atoms with Gasteiger partial charge in [-0.05, 0) is 30.5 Å². The zero-order chi connectivity index (χ0) is 16.5. The minimum atomic E-state index is -0.167. The Hall–Kier alpha value is -2.34. The number of carbonyl (C=O) groups excluding carboxylic acids is 2. The molecule has 1 aromatic heterocycles. The summed E-state index contributed by atoms with van der Waals surface area (Å²) in [4.78, 5) is 28.8. The van der Waals surface area contributed by atoms with Crippen molar-refractivity contribution in [3.8, 4) is 0 Å². The monoisotopic (exact) mass is 329 g/mol. The molecule has 0 unspecified atom stereocenters. The number of nitrogens with zero attached hydrogens (tertiary/aromatic N) is 1. The van der Waals surface area contributed by atoms with E-state index in [0.29, 0.717) is 6.54 Å². The number of hydrogen-bond donors (Lipinski definition) is 2. The zero-order valence-corrected chi connectivity index (χ0v) is 13.7. The van der Waals surface area contributed by atoms with Crippen LogP contribution in [-0.4, -0.2) is 23.1 Å². The number of rotatable bonds is 7. The molecule has 6 heteroatoms. The number of aromatic nitrogens is 1. The van der Waals surface area contributed by atoms with Crippen molar-refractivity contribution >= 4 is 29.3 Å². The molecule has 0 radical (unpaired) electrons. The molecule has 2 rings (SSSR count). The largest absolute Gasteiger partial charge is 0.350 e. The number of nitrogens with one attached hydrogen (secondary N) is 2. The summed E-state index contributed by atoms with van der Waals surface area (Å²) < 4.78 is 0. The van der Waals surface area contributed by atoms with Gasteiger partial charge < -0.3 is 10.6 Å². The molecular formula is C17H19N3O2S. The lowest BCUT2D eigenvalue weighted by Gasteiger charge is -2.09. The van der Waals surface area contributed by atoms with Gasteiger partial charge in [-0.1, -0.05) is 18.2 Å². The molecule has 23 heavy (non-hydrogen) atoms. The van der Waals surface area contributed by atoms with Crippen molar-refractivity contribution in [1.82, 2.24) is 10.3 Å². The van der Waals surface area contributed by atoms with Crippen LogP contribution in [0.25, 0.3) is 0 Å². The topological polar surface area (TPSA) is 71.1 Å². The quantitative estimate of drug-likeness (QED) is 0.766. The van der Waals surface area contributed by atoms with Crippen molar-refractivity contribution in [2.24, 2.45) is 0 Å². The van der Waals surface area contributed by atoms with Crippen LogP contribution < -0.4 is 10.6 Å². The minimum absolute atomic E-state index is 0.150. The van der Waals surface area contributed by atoms with Gasteiger partial charge in [0.15, 0.2) is 0 Å². The van der Waals surface area contributed by atoms with Crippen LogP contribution in [0, 0.1) is 0 Å². The Kier molecular flexibility index (Phi) is 6.62. The van der Waals surface area contributed by atoms with Crippen molar-refractivity contribution in [3.63, 3.8) is 0 Å². The molecule has 0 aliphatic heterocycles. The second-order valence-corrected chi connectivity index (χ2v) is 5.69. The molecule has 0 aliphatic carbocycles.